The number of aryl methyl sites for hydroxylation is 3. The lowest BCUT2D eigenvalue weighted by Gasteiger charge is -2.38. The number of rotatable bonds is 4. The van der Waals surface area contributed by atoms with Crippen molar-refractivity contribution in [3.63, 3.8) is 0 Å². The molecular weight excluding hydrogens is 436 g/mol. The molecule has 186 valence electrons. The van der Waals surface area contributed by atoms with Crippen molar-refractivity contribution in [3.8, 4) is 11.4 Å². The standard InChI is InChI=1S/C28H38N6O/c1-17(2)23-14-25(32(6)31-23)33-12-10-22-21(16-33)28(34-13-11-24(35)20(5)15-34)30-27(29-22)26-18(3)8-7-9-19(26)4/h7-9,14,17,20,24,35H,10-13,15-16H2,1-6H3/t20-,24?/m1/s1. The molecular formula is C28H38N6O. The molecule has 2 aromatic heterocycles. The molecule has 2 aliphatic heterocycles. The fourth-order valence-corrected chi connectivity index (χ4v) is 5.52. The number of piperidine rings is 1. The zero-order chi connectivity index (χ0) is 24.9. The number of fused-ring (bicyclic) bond motifs is 1. The molecule has 0 bridgehead atoms. The van der Waals surface area contributed by atoms with Gasteiger partial charge in [0, 0.05) is 56.8 Å². The molecule has 7 nitrogen and oxygen atoms in total. The van der Waals surface area contributed by atoms with Gasteiger partial charge in [0.25, 0.3) is 0 Å². The predicted molar refractivity (Wildman–Crippen MR) is 141 cm³/mol. The van der Waals surface area contributed by atoms with Gasteiger partial charge in [-0.05, 0) is 43.2 Å². The second-order valence-electron chi connectivity index (χ2n) is 10.7. The molecule has 4 heterocycles. The van der Waals surface area contributed by atoms with Gasteiger partial charge in [-0.3, -0.25) is 4.68 Å². The average molecular weight is 475 g/mol. The van der Waals surface area contributed by atoms with Gasteiger partial charge in [0.2, 0.25) is 0 Å². The Balaban J connectivity index is 1.59. The van der Waals surface area contributed by atoms with Crippen molar-refractivity contribution in [2.45, 2.75) is 66.0 Å². The quantitative estimate of drug-likeness (QED) is 0.605. The molecule has 3 aromatic rings. The topological polar surface area (TPSA) is 70.3 Å². The third-order valence-electron chi connectivity index (χ3n) is 7.69. The highest BCUT2D eigenvalue weighted by Crippen LogP contribution is 2.35. The fourth-order valence-electron chi connectivity index (χ4n) is 5.52. The van der Waals surface area contributed by atoms with Gasteiger partial charge < -0.3 is 14.9 Å². The van der Waals surface area contributed by atoms with E-state index < -0.39 is 0 Å². The fraction of sp³-hybridized carbons (Fsp3) is 0.536. The SMILES string of the molecule is Cc1cccc(C)c1-c1nc2c(c(N3CCC(O)[C@H](C)C3)n1)CN(c1cc(C(C)C)nn1C)CC2. The van der Waals surface area contributed by atoms with E-state index in [0.29, 0.717) is 5.92 Å². The first-order valence-corrected chi connectivity index (χ1v) is 12.9. The highest BCUT2D eigenvalue weighted by Gasteiger charge is 2.31. The highest BCUT2D eigenvalue weighted by molar-refractivity contribution is 5.68. The number of aliphatic hydroxyl groups is 1. The first-order valence-electron chi connectivity index (χ1n) is 12.9. The number of hydrogen-bond donors (Lipinski definition) is 1. The van der Waals surface area contributed by atoms with Crippen molar-refractivity contribution in [1.82, 2.24) is 19.7 Å². The summed E-state index contributed by atoms with van der Waals surface area (Å²) in [5.74, 6) is 3.61. The summed E-state index contributed by atoms with van der Waals surface area (Å²) in [5.41, 5.74) is 7.01. The van der Waals surface area contributed by atoms with Crippen LogP contribution < -0.4 is 9.80 Å². The Bertz CT molecular complexity index is 1210. The van der Waals surface area contributed by atoms with Crippen molar-refractivity contribution in [2.75, 3.05) is 29.4 Å². The summed E-state index contributed by atoms with van der Waals surface area (Å²) < 4.78 is 2.01. The molecule has 1 unspecified atom stereocenters. The van der Waals surface area contributed by atoms with Crippen LogP contribution in [0.25, 0.3) is 11.4 Å². The van der Waals surface area contributed by atoms with Crippen LogP contribution in [0.3, 0.4) is 0 Å². The van der Waals surface area contributed by atoms with E-state index in [4.69, 9.17) is 15.1 Å². The van der Waals surface area contributed by atoms with E-state index in [2.05, 4.69) is 68.7 Å². The minimum atomic E-state index is -0.248. The first-order chi connectivity index (χ1) is 16.7. The van der Waals surface area contributed by atoms with E-state index in [9.17, 15) is 5.11 Å². The van der Waals surface area contributed by atoms with E-state index in [1.165, 1.54) is 16.7 Å². The van der Waals surface area contributed by atoms with Crippen molar-refractivity contribution in [1.29, 1.82) is 0 Å². The van der Waals surface area contributed by atoms with E-state index in [0.717, 1.165) is 73.4 Å². The summed E-state index contributed by atoms with van der Waals surface area (Å²) in [6.45, 7) is 14.1. The van der Waals surface area contributed by atoms with Gasteiger partial charge in [0.15, 0.2) is 5.82 Å². The number of aromatic nitrogens is 4. The highest BCUT2D eigenvalue weighted by atomic mass is 16.3. The van der Waals surface area contributed by atoms with Crippen LogP contribution in [-0.4, -0.2) is 50.6 Å². The molecule has 0 aliphatic carbocycles. The monoisotopic (exact) mass is 474 g/mol. The van der Waals surface area contributed by atoms with Gasteiger partial charge in [0.05, 0.1) is 17.5 Å². The summed E-state index contributed by atoms with van der Waals surface area (Å²) in [6, 6.07) is 8.60. The Kier molecular flexibility index (Phi) is 6.30. The number of hydrogen-bond acceptors (Lipinski definition) is 6. The molecule has 1 aromatic carbocycles. The Morgan fingerprint density at radius 3 is 2.46 bits per heavy atom. The van der Waals surface area contributed by atoms with Gasteiger partial charge in [0.1, 0.15) is 11.6 Å². The summed E-state index contributed by atoms with van der Waals surface area (Å²) in [4.78, 5) is 15.2. The normalized spacial score (nSPS) is 20.5. The molecule has 7 heteroatoms. The Morgan fingerprint density at radius 1 is 1.06 bits per heavy atom. The molecule has 0 saturated carbocycles. The van der Waals surface area contributed by atoms with E-state index in [1.807, 2.05) is 11.7 Å². The number of aliphatic hydroxyl groups excluding tert-OH is 1. The number of nitrogens with zero attached hydrogens (tertiary/aromatic N) is 6. The molecule has 5 rings (SSSR count). The molecule has 0 spiro atoms. The Hall–Kier alpha value is -2.93. The lowest BCUT2D eigenvalue weighted by molar-refractivity contribution is 0.0968. The number of anilines is 2. The maximum Gasteiger partial charge on any atom is 0.162 e. The van der Waals surface area contributed by atoms with Crippen LogP contribution in [0, 0.1) is 19.8 Å². The summed E-state index contributed by atoms with van der Waals surface area (Å²) in [6.07, 6.45) is 1.39. The zero-order valence-electron chi connectivity index (χ0n) is 21.9. The zero-order valence-corrected chi connectivity index (χ0v) is 21.9. The smallest absolute Gasteiger partial charge is 0.162 e. The van der Waals surface area contributed by atoms with Gasteiger partial charge in [-0.15, -0.1) is 0 Å². The molecule has 1 saturated heterocycles. The second kappa shape index (κ2) is 9.26. The number of benzene rings is 1. The predicted octanol–water partition coefficient (Wildman–Crippen LogP) is 4.39. The first kappa shape index (κ1) is 23.8. The molecule has 35 heavy (non-hydrogen) atoms. The van der Waals surface area contributed by atoms with Crippen LogP contribution in [-0.2, 0) is 20.0 Å². The third-order valence-corrected chi connectivity index (χ3v) is 7.69. The van der Waals surface area contributed by atoms with Gasteiger partial charge in [-0.25, -0.2) is 9.97 Å². The van der Waals surface area contributed by atoms with E-state index in [1.54, 1.807) is 0 Å². The summed E-state index contributed by atoms with van der Waals surface area (Å²) in [5, 5.41) is 15.1. The van der Waals surface area contributed by atoms with Crippen molar-refractivity contribution < 1.29 is 5.11 Å². The molecule has 2 aliphatic rings. The van der Waals surface area contributed by atoms with Crippen LogP contribution in [0.4, 0.5) is 11.6 Å². The van der Waals surface area contributed by atoms with E-state index >= 15 is 0 Å². The van der Waals surface area contributed by atoms with Crippen LogP contribution in [0.15, 0.2) is 24.3 Å². The average Bonchev–Trinajstić information content (AvgIpc) is 3.22. The molecule has 2 atom stereocenters. The van der Waals surface area contributed by atoms with Crippen LogP contribution in [0.2, 0.25) is 0 Å². The minimum absolute atomic E-state index is 0.211. The summed E-state index contributed by atoms with van der Waals surface area (Å²) >= 11 is 0. The second-order valence-corrected chi connectivity index (χ2v) is 10.7. The van der Waals surface area contributed by atoms with Gasteiger partial charge in [-0.2, -0.15) is 5.10 Å². The molecule has 0 radical (unpaired) electrons. The van der Waals surface area contributed by atoms with Crippen LogP contribution in [0.5, 0.6) is 0 Å². The van der Waals surface area contributed by atoms with Crippen molar-refractivity contribution in [2.24, 2.45) is 13.0 Å². The van der Waals surface area contributed by atoms with Gasteiger partial charge in [-0.1, -0.05) is 39.0 Å². The Labute approximate surface area is 208 Å². The lowest BCUT2D eigenvalue weighted by Crippen LogP contribution is -2.44. The molecule has 1 fully saturated rings. The molecule has 1 N–H and O–H groups in total. The summed E-state index contributed by atoms with van der Waals surface area (Å²) in [7, 11) is 2.03. The van der Waals surface area contributed by atoms with E-state index in [-0.39, 0.29) is 12.0 Å². The Morgan fingerprint density at radius 2 is 1.80 bits per heavy atom. The van der Waals surface area contributed by atoms with Gasteiger partial charge >= 0.3 is 0 Å². The van der Waals surface area contributed by atoms with Crippen LogP contribution in [0.1, 0.15) is 61.2 Å². The van der Waals surface area contributed by atoms with Crippen LogP contribution >= 0.6 is 0 Å². The molecule has 0 amide bonds. The van der Waals surface area contributed by atoms with Crippen molar-refractivity contribution >= 4 is 11.6 Å². The largest absolute Gasteiger partial charge is 0.393 e. The minimum Gasteiger partial charge on any atom is -0.393 e. The maximum absolute atomic E-state index is 10.4. The third kappa shape index (κ3) is 4.42. The maximum atomic E-state index is 10.4. The lowest BCUT2D eigenvalue weighted by atomic mass is 9.95. The van der Waals surface area contributed by atoms with Crippen molar-refractivity contribution in [3.05, 3.63) is 52.3 Å².